The van der Waals surface area contributed by atoms with Crippen molar-refractivity contribution in [3.05, 3.63) is 25.3 Å². The molecule has 3 heteroatoms. The van der Waals surface area contributed by atoms with Crippen LogP contribution in [0.4, 0.5) is 0 Å². The van der Waals surface area contributed by atoms with Gasteiger partial charge in [0.05, 0.1) is 6.61 Å². The van der Waals surface area contributed by atoms with E-state index in [1.165, 1.54) is 6.92 Å². The summed E-state index contributed by atoms with van der Waals surface area (Å²) < 4.78 is 4.66. The lowest BCUT2D eigenvalue weighted by molar-refractivity contribution is -0.141. The molecule has 1 atom stereocenters. The van der Waals surface area contributed by atoms with Gasteiger partial charge in [-0.15, -0.1) is 24.8 Å². The second-order valence-electron chi connectivity index (χ2n) is 3.08. The zero-order chi connectivity index (χ0) is 12.1. The number of carbonyl (C=O) groups is 1. The van der Waals surface area contributed by atoms with Gasteiger partial charge in [0.2, 0.25) is 0 Å². The zero-order valence-electron chi connectivity index (χ0n) is 9.67. The van der Waals surface area contributed by atoms with Crippen molar-refractivity contribution in [2.45, 2.75) is 38.5 Å². The minimum Gasteiger partial charge on any atom is -0.466 e. The average Bonchev–Trinajstić information content (AvgIpc) is 2.13. The maximum absolute atomic E-state index is 10.2. The minimum atomic E-state index is -0.209. The maximum Gasteiger partial charge on any atom is 0.302 e. The molecule has 0 spiro atoms. The Morgan fingerprint density at radius 2 is 2.07 bits per heavy atom. The summed E-state index contributed by atoms with van der Waals surface area (Å²) in [6.45, 7) is 10.9. The van der Waals surface area contributed by atoms with Crippen molar-refractivity contribution < 1.29 is 9.53 Å². The number of ether oxygens (including phenoxy) is 1. The van der Waals surface area contributed by atoms with E-state index in [0.717, 1.165) is 19.3 Å². The Labute approximate surface area is 98.0 Å². The van der Waals surface area contributed by atoms with E-state index < -0.39 is 0 Å². The summed E-state index contributed by atoms with van der Waals surface area (Å²) in [6, 6.07) is 0. The van der Waals surface area contributed by atoms with Gasteiger partial charge in [-0.2, -0.15) is 0 Å². The van der Waals surface area contributed by atoms with Crippen molar-refractivity contribution in [3.8, 4) is 0 Å². The summed E-state index contributed by atoms with van der Waals surface area (Å²) in [7, 11) is 0. The molecule has 15 heavy (non-hydrogen) atoms. The molecule has 0 rings (SSSR count). The van der Waals surface area contributed by atoms with Gasteiger partial charge in [0.1, 0.15) is 0 Å². The third-order valence-electron chi connectivity index (χ3n) is 1.35. The van der Waals surface area contributed by atoms with Gasteiger partial charge >= 0.3 is 5.97 Å². The molecule has 0 aromatic rings. The van der Waals surface area contributed by atoms with Gasteiger partial charge in [-0.3, -0.25) is 4.79 Å². The monoisotopic (exact) mass is 232 g/mol. The van der Waals surface area contributed by atoms with Gasteiger partial charge in [-0.05, 0) is 26.2 Å². The number of hydrogen-bond acceptors (Lipinski definition) is 2. The molecule has 2 nitrogen and oxygen atoms in total. The molecule has 0 radical (unpaired) electrons. The van der Waals surface area contributed by atoms with Crippen molar-refractivity contribution in [2.75, 3.05) is 6.61 Å². The third kappa shape index (κ3) is 24.6. The summed E-state index contributed by atoms with van der Waals surface area (Å²) in [6.07, 6.45) is 6.32. The molecule has 0 aliphatic rings. The second-order valence-corrected chi connectivity index (χ2v) is 3.82. The van der Waals surface area contributed by atoms with E-state index in [1.807, 2.05) is 19.1 Å². The number of hydrogen-bond donors (Lipinski definition) is 0. The van der Waals surface area contributed by atoms with Crippen LogP contribution in [-0.4, -0.2) is 18.0 Å². The van der Waals surface area contributed by atoms with Crippen molar-refractivity contribution in [2.24, 2.45) is 0 Å². The molecule has 0 amide bonds. The Morgan fingerprint density at radius 3 is 2.33 bits per heavy atom. The van der Waals surface area contributed by atoms with E-state index in [-0.39, 0.29) is 11.3 Å². The lowest BCUT2D eigenvalue weighted by atomic mass is 10.3. The molecule has 0 aliphatic heterocycles. The molecule has 0 fully saturated rings. The number of allylic oxidation sites excluding steroid dienone is 2. The lowest BCUT2D eigenvalue weighted by Gasteiger charge is -1.96. The van der Waals surface area contributed by atoms with Crippen molar-refractivity contribution >= 4 is 17.6 Å². The van der Waals surface area contributed by atoms with Crippen molar-refractivity contribution in [3.63, 3.8) is 0 Å². The Hall–Kier alpha value is -0.760. The van der Waals surface area contributed by atoms with Crippen LogP contribution in [0.1, 0.15) is 33.1 Å². The molecule has 88 valence electrons. The molecule has 0 heterocycles. The normalized spacial score (nSPS) is 10.6. The first-order chi connectivity index (χ1) is 7.04. The zero-order valence-corrected chi connectivity index (χ0v) is 10.4. The first-order valence-corrected chi connectivity index (χ1v) is 5.47. The number of alkyl halides is 1. The molecular weight excluding hydrogens is 212 g/mol. The van der Waals surface area contributed by atoms with Crippen LogP contribution in [0.25, 0.3) is 0 Å². The van der Waals surface area contributed by atoms with Crippen LogP contribution in [0.3, 0.4) is 0 Å². The highest BCUT2D eigenvalue weighted by Gasteiger charge is 1.88. The SMILES string of the molecule is C=CCC(C)Cl.C=CCCCOC(C)=O. The number of unbranched alkanes of at least 4 members (excludes halogenated alkanes) is 1. The summed E-state index contributed by atoms with van der Waals surface area (Å²) >= 11 is 5.51. The van der Waals surface area contributed by atoms with Crippen LogP contribution >= 0.6 is 11.6 Å². The lowest BCUT2D eigenvalue weighted by Crippen LogP contribution is -1.99. The Kier molecular flexibility index (Phi) is 14.7. The maximum atomic E-state index is 10.2. The van der Waals surface area contributed by atoms with Gasteiger partial charge in [0, 0.05) is 12.3 Å². The minimum absolute atomic E-state index is 0.209. The molecule has 0 aromatic heterocycles. The van der Waals surface area contributed by atoms with Gasteiger partial charge < -0.3 is 4.74 Å². The van der Waals surface area contributed by atoms with Gasteiger partial charge in [0.15, 0.2) is 0 Å². The summed E-state index contributed by atoms with van der Waals surface area (Å²) in [5.41, 5.74) is 0. The molecule has 1 unspecified atom stereocenters. The molecule has 0 aliphatic carbocycles. The van der Waals surface area contributed by atoms with Gasteiger partial charge in [-0.25, -0.2) is 0 Å². The molecule has 0 bridgehead atoms. The number of halogens is 1. The quantitative estimate of drug-likeness (QED) is 0.302. The highest BCUT2D eigenvalue weighted by molar-refractivity contribution is 6.20. The average molecular weight is 233 g/mol. The van der Waals surface area contributed by atoms with E-state index in [9.17, 15) is 4.79 Å². The topological polar surface area (TPSA) is 26.3 Å². The van der Waals surface area contributed by atoms with Gasteiger partial charge in [0.25, 0.3) is 0 Å². The van der Waals surface area contributed by atoms with Crippen LogP contribution < -0.4 is 0 Å². The van der Waals surface area contributed by atoms with E-state index in [1.54, 1.807) is 0 Å². The van der Waals surface area contributed by atoms with Gasteiger partial charge in [-0.1, -0.05) is 12.2 Å². The smallest absolute Gasteiger partial charge is 0.302 e. The van der Waals surface area contributed by atoms with Crippen LogP contribution in [-0.2, 0) is 9.53 Å². The number of rotatable bonds is 6. The van der Waals surface area contributed by atoms with Crippen LogP contribution in [0, 0.1) is 0 Å². The van der Waals surface area contributed by atoms with Crippen LogP contribution in [0.15, 0.2) is 25.3 Å². The Bertz CT molecular complexity index is 176. The van der Waals surface area contributed by atoms with Crippen LogP contribution in [0.2, 0.25) is 0 Å². The first-order valence-electron chi connectivity index (χ1n) is 5.03. The van der Waals surface area contributed by atoms with Crippen molar-refractivity contribution in [1.82, 2.24) is 0 Å². The molecule has 0 aromatic carbocycles. The summed E-state index contributed by atoms with van der Waals surface area (Å²) in [4.78, 5) is 10.2. The highest BCUT2D eigenvalue weighted by Crippen LogP contribution is 1.97. The summed E-state index contributed by atoms with van der Waals surface area (Å²) in [5.74, 6) is -0.209. The second kappa shape index (κ2) is 13.2. The fourth-order valence-corrected chi connectivity index (χ4v) is 0.799. The van der Waals surface area contributed by atoms with E-state index in [4.69, 9.17) is 11.6 Å². The largest absolute Gasteiger partial charge is 0.466 e. The van der Waals surface area contributed by atoms with E-state index >= 15 is 0 Å². The molecule has 0 N–H and O–H groups in total. The molecular formula is C12H21ClO2. The first kappa shape index (κ1) is 16.7. The van der Waals surface area contributed by atoms with E-state index in [2.05, 4.69) is 17.9 Å². The number of esters is 1. The Morgan fingerprint density at radius 1 is 1.47 bits per heavy atom. The molecule has 0 saturated carbocycles. The fourth-order valence-electron chi connectivity index (χ4n) is 0.673. The van der Waals surface area contributed by atoms with Crippen LogP contribution in [0.5, 0.6) is 0 Å². The van der Waals surface area contributed by atoms with E-state index in [0.29, 0.717) is 6.61 Å². The third-order valence-corrected chi connectivity index (χ3v) is 1.53. The Balaban J connectivity index is 0. The number of carbonyl (C=O) groups excluding carboxylic acids is 1. The fraction of sp³-hybridized carbons (Fsp3) is 0.583. The highest BCUT2D eigenvalue weighted by atomic mass is 35.5. The van der Waals surface area contributed by atoms with Crippen molar-refractivity contribution in [1.29, 1.82) is 0 Å². The predicted octanol–water partition coefficient (Wildman–Crippen LogP) is 3.71. The molecule has 0 saturated heterocycles. The standard InChI is InChI=1S/C7H12O2.C5H9Cl/c1-3-4-5-6-9-7(2)8;1-3-4-5(2)6/h3H,1,4-6H2,2H3;3,5H,1,4H2,2H3. The summed E-state index contributed by atoms with van der Waals surface area (Å²) in [5, 5.41) is 0.252. The predicted molar refractivity (Wildman–Crippen MR) is 66.2 cm³/mol.